The van der Waals surface area contributed by atoms with E-state index >= 15 is 0 Å². The lowest BCUT2D eigenvalue weighted by atomic mass is 9.80. The maximum absolute atomic E-state index is 14.7. The normalized spacial score (nSPS) is 13.4. The minimum atomic E-state index is -0.273. The van der Waals surface area contributed by atoms with Crippen molar-refractivity contribution in [3.05, 3.63) is 168 Å². The second-order valence-electron chi connectivity index (χ2n) is 19.3. The molecule has 60 heavy (non-hydrogen) atoms. The lowest BCUT2D eigenvalue weighted by Gasteiger charge is -2.29. The van der Waals surface area contributed by atoms with E-state index < -0.39 is 0 Å². The Labute approximate surface area is 353 Å². The molecule has 6 aromatic carbocycles. The highest BCUT2D eigenvalue weighted by Crippen LogP contribution is 2.48. The number of nitrogens with zero attached hydrogens (tertiary/aromatic N) is 4. The fraction of sp³-hybridized carbons (Fsp3) is 0.241. The van der Waals surface area contributed by atoms with Crippen LogP contribution in [-0.2, 0) is 16.2 Å². The van der Waals surface area contributed by atoms with Crippen LogP contribution in [0.3, 0.4) is 0 Å². The topological polar surface area (TPSA) is 33.5 Å². The number of rotatable bonds is 6. The molecule has 0 N–H and O–H groups in total. The molecule has 1 aliphatic rings. The number of pyridine rings is 1. The Bertz CT molecular complexity index is 2880. The summed E-state index contributed by atoms with van der Waals surface area (Å²) in [5.41, 5.74) is 12.4. The molecule has 0 radical (unpaired) electrons. The molecule has 0 unspecified atom stereocenters. The molecule has 0 amide bonds. The summed E-state index contributed by atoms with van der Waals surface area (Å²) in [7, 11) is 0. The standard InChI is InChI=1S/C54H53FN4O/c1-52(2,3)37-24-25-56-51(30-37)59-47-23-19-40(55)31-46(47)45-21-20-44(33-49(45)59)60-43-17-13-16-41(32-43)57-34-58(42-28-38(53(4,5)6)27-39(29-42)54(7,8)9)50-26-36(18-22-48(50)57)35-14-11-10-12-15-35/h10-33H,34H2,1-9H3. The average Bonchev–Trinajstić information content (AvgIpc) is 3.75. The zero-order chi connectivity index (χ0) is 42.1. The highest BCUT2D eigenvalue weighted by atomic mass is 19.1. The van der Waals surface area contributed by atoms with E-state index in [1.54, 1.807) is 6.07 Å². The van der Waals surface area contributed by atoms with Crippen molar-refractivity contribution < 1.29 is 9.13 Å². The van der Waals surface area contributed by atoms with Crippen LogP contribution in [0.5, 0.6) is 11.5 Å². The highest BCUT2D eigenvalue weighted by Gasteiger charge is 2.31. The molecule has 5 nitrogen and oxygen atoms in total. The van der Waals surface area contributed by atoms with Crippen LogP contribution in [0.15, 0.2) is 146 Å². The summed E-state index contributed by atoms with van der Waals surface area (Å²) in [6, 6.07) is 48.0. The zero-order valence-corrected chi connectivity index (χ0v) is 36.1. The Morgan fingerprint density at radius 1 is 0.500 bits per heavy atom. The van der Waals surface area contributed by atoms with Crippen molar-refractivity contribution in [1.82, 2.24) is 9.55 Å². The molecule has 0 atom stereocenters. The van der Waals surface area contributed by atoms with Crippen LogP contribution < -0.4 is 14.5 Å². The first-order valence-electron chi connectivity index (χ1n) is 20.9. The number of fused-ring (bicyclic) bond motifs is 4. The zero-order valence-electron chi connectivity index (χ0n) is 36.1. The van der Waals surface area contributed by atoms with Gasteiger partial charge in [-0.25, -0.2) is 9.37 Å². The maximum Gasteiger partial charge on any atom is 0.137 e. The summed E-state index contributed by atoms with van der Waals surface area (Å²) in [5.74, 6) is 1.91. The second kappa shape index (κ2) is 14.4. The van der Waals surface area contributed by atoms with Crippen LogP contribution in [0.25, 0.3) is 38.8 Å². The lowest BCUT2D eigenvalue weighted by molar-refractivity contribution is 0.483. The van der Waals surface area contributed by atoms with Gasteiger partial charge in [-0.2, -0.15) is 0 Å². The molecule has 0 fully saturated rings. The van der Waals surface area contributed by atoms with Gasteiger partial charge in [0.25, 0.3) is 0 Å². The van der Waals surface area contributed by atoms with E-state index in [4.69, 9.17) is 9.72 Å². The molecular weight excluding hydrogens is 740 g/mol. The molecule has 2 aromatic heterocycles. The van der Waals surface area contributed by atoms with Gasteiger partial charge in [0.05, 0.1) is 22.4 Å². The molecular formula is C54H53FN4O. The summed E-state index contributed by atoms with van der Waals surface area (Å²) >= 11 is 0. The highest BCUT2D eigenvalue weighted by molar-refractivity contribution is 6.09. The molecule has 0 bridgehead atoms. The number of aromatic nitrogens is 2. The number of halogens is 1. The SMILES string of the molecule is CC(C)(C)c1cc(N2CN(c3cccc(Oc4ccc5c6cc(F)ccc6n(-c6cc(C(C)(C)C)ccn6)c5c4)c3)c3ccc(-c4ccccc4)cc32)cc(C(C)(C)C)c1. The van der Waals surface area contributed by atoms with Gasteiger partial charge in [-0.15, -0.1) is 0 Å². The molecule has 302 valence electrons. The van der Waals surface area contributed by atoms with Gasteiger partial charge in [0, 0.05) is 40.5 Å². The van der Waals surface area contributed by atoms with Gasteiger partial charge in [-0.3, -0.25) is 4.57 Å². The Kier molecular flexibility index (Phi) is 9.38. The number of anilines is 4. The molecule has 6 heteroatoms. The summed E-state index contributed by atoms with van der Waals surface area (Å²) in [6.07, 6.45) is 1.86. The summed E-state index contributed by atoms with van der Waals surface area (Å²) in [6.45, 7) is 21.0. The van der Waals surface area contributed by atoms with Gasteiger partial charge < -0.3 is 14.5 Å². The number of hydrogen-bond donors (Lipinski definition) is 0. The summed E-state index contributed by atoms with van der Waals surface area (Å²) in [4.78, 5) is 9.64. The summed E-state index contributed by atoms with van der Waals surface area (Å²) < 4.78 is 23.5. The average molecular weight is 793 g/mol. The molecule has 0 saturated carbocycles. The Hall–Kier alpha value is -6.40. The van der Waals surface area contributed by atoms with Gasteiger partial charge in [-0.05, 0) is 123 Å². The molecule has 8 aromatic rings. The predicted molar refractivity (Wildman–Crippen MR) is 249 cm³/mol. The first kappa shape index (κ1) is 39.1. The van der Waals surface area contributed by atoms with Crippen molar-refractivity contribution in [2.75, 3.05) is 16.5 Å². The Balaban J connectivity index is 1.12. The van der Waals surface area contributed by atoms with Gasteiger partial charge in [0.1, 0.15) is 29.8 Å². The van der Waals surface area contributed by atoms with Gasteiger partial charge in [-0.1, -0.05) is 111 Å². The fourth-order valence-corrected chi connectivity index (χ4v) is 8.29. The fourth-order valence-electron chi connectivity index (χ4n) is 8.29. The van der Waals surface area contributed by atoms with Crippen LogP contribution in [0, 0.1) is 5.82 Å². The van der Waals surface area contributed by atoms with Crippen molar-refractivity contribution in [3.8, 4) is 28.4 Å². The summed E-state index contributed by atoms with van der Waals surface area (Å²) in [5, 5.41) is 1.76. The third kappa shape index (κ3) is 7.29. The molecule has 0 spiro atoms. The molecule has 0 saturated heterocycles. The third-order valence-corrected chi connectivity index (χ3v) is 11.8. The smallest absolute Gasteiger partial charge is 0.137 e. The largest absolute Gasteiger partial charge is 0.457 e. The van der Waals surface area contributed by atoms with Crippen molar-refractivity contribution in [2.45, 2.75) is 78.6 Å². The van der Waals surface area contributed by atoms with Crippen LogP contribution in [0.1, 0.15) is 79.0 Å². The second-order valence-corrected chi connectivity index (χ2v) is 19.3. The van der Waals surface area contributed by atoms with Crippen LogP contribution in [0.2, 0.25) is 0 Å². The lowest BCUT2D eigenvalue weighted by Crippen LogP contribution is -2.25. The minimum absolute atomic E-state index is 0.0175. The first-order chi connectivity index (χ1) is 28.5. The van der Waals surface area contributed by atoms with Gasteiger partial charge in [0.15, 0.2) is 0 Å². The van der Waals surface area contributed by atoms with E-state index in [0.717, 1.165) is 50.4 Å². The number of hydrogen-bond acceptors (Lipinski definition) is 4. The Morgan fingerprint density at radius 2 is 1.20 bits per heavy atom. The first-order valence-corrected chi connectivity index (χ1v) is 20.9. The quantitative estimate of drug-likeness (QED) is 0.168. The molecule has 9 rings (SSSR count). The molecule has 3 heterocycles. The van der Waals surface area contributed by atoms with Crippen LogP contribution >= 0.6 is 0 Å². The van der Waals surface area contributed by atoms with Gasteiger partial charge >= 0.3 is 0 Å². The van der Waals surface area contributed by atoms with Crippen molar-refractivity contribution in [3.63, 3.8) is 0 Å². The minimum Gasteiger partial charge on any atom is -0.457 e. The van der Waals surface area contributed by atoms with E-state index in [1.165, 1.54) is 39.6 Å². The van der Waals surface area contributed by atoms with Crippen molar-refractivity contribution in [2.24, 2.45) is 0 Å². The van der Waals surface area contributed by atoms with E-state index in [-0.39, 0.29) is 22.1 Å². The number of ether oxygens (including phenoxy) is 1. The van der Waals surface area contributed by atoms with Gasteiger partial charge in [0.2, 0.25) is 0 Å². The van der Waals surface area contributed by atoms with E-state index in [9.17, 15) is 4.39 Å². The van der Waals surface area contributed by atoms with Crippen molar-refractivity contribution >= 4 is 44.6 Å². The molecule has 1 aliphatic heterocycles. The van der Waals surface area contributed by atoms with Crippen molar-refractivity contribution in [1.29, 1.82) is 0 Å². The maximum atomic E-state index is 14.7. The third-order valence-electron chi connectivity index (χ3n) is 11.8. The van der Waals surface area contributed by atoms with Crippen LogP contribution in [0.4, 0.5) is 27.1 Å². The molecule has 0 aliphatic carbocycles. The van der Waals surface area contributed by atoms with E-state index in [0.29, 0.717) is 12.4 Å². The van der Waals surface area contributed by atoms with E-state index in [1.807, 2.05) is 36.5 Å². The predicted octanol–water partition coefficient (Wildman–Crippen LogP) is 14.9. The monoisotopic (exact) mass is 792 g/mol. The Morgan fingerprint density at radius 3 is 1.92 bits per heavy atom. The number of benzene rings is 6. The van der Waals surface area contributed by atoms with E-state index in [2.05, 4.69) is 174 Å². The van der Waals surface area contributed by atoms with Crippen LogP contribution in [-0.4, -0.2) is 16.2 Å².